The molecule has 0 radical (unpaired) electrons. The lowest BCUT2D eigenvalue weighted by Crippen LogP contribution is -1.87. The summed E-state index contributed by atoms with van der Waals surface area (Å²) in [6.45, 7) is 5.82. The summed E-state index contributed by atoms with van der Waals surface area (Å²) in [7, 11) is 0. The standard InChI is InChI=1S/C9H11NOS/c1-6-4-9(8(3)11-6)7(2)10-5-12/h4,7H,1-3H3. The fraction of sp³-hybridized carbons (Fsp3) is 0.444. The van der Waals surface area contributed by atoms with Gasteiger partial charge in [-0.05, 0) is 39.1 Å². The lowest BCUT2D eigenvalue weighted by atomic mass is 10.1. The summed E-state index contributed by atoms with van der Waals surface area (Å²) in [6.07, 6.45) is 0. The fourth-order valence-electron chi connectivity index (χ4n) is 1.21. The first kappa shape index (κ1) is 9.17. The van der Waals surface area contributed by atoms with Crippen molar-refractivity contribution in [3.8, 4) is 0 Å². The van der Waals surface area contributed by atoms with E-state index in [-0.39, 0.29) is 6.04 Å². The largest absolute Gasteiger partial charge is 0.466 e. The number of isothiocyanates is 1. The van der Waals surface area contributed by atoms with Gasteiger partial charge in [-0.25, -0.2) is 4.99 Å². The Labute approximate surface area is 77.3 Å². The van der Waals surface area contributed by atoms with E-state index in [4.69, 9.17) is 4.42 Å². The molecule has 0 bridgehead atoms. The van der Waals surface area contributed by atoms with Gasteiger partial charge >= 0.3 is 0 Å². The minimum atomic E-state index is 0.0555. The zero-order chi connectivity index (χ0) is 9.14. The summed E-state index contributed by atoms with van der Waals surface area (Å²) < 4.78 is 5.36. The number of aryl methyl sites for hydroxylation is 2. The monoisotopic (exact) mass is 181 g/mol. The fourth-order valence-corrected chi connectivity index (χ4v) is 1.37. The first-order chi connectivity index (χ1) is 5.65. The molecule has 64 valence electrons. The van der Waals surface area contributed by atoms with Gasteiger partial charge in [-0.3, -0.25) is 0 Å². The summed E-state index contributed by atoms with van der Waals surface area (Å²) in [5.41, 5.74) is 1.09. The number of hydrogen-bond donors (Lipinski definition) is 0. The van der Waals surface area contributed by atoms with Crippen LogP contribution in [0.5, 0.6) is 0 Å². The van der Waals surface area contributed by atoms with E-state index in [1.54, 1.807) is 0 Å². The Morgan fingerprint density at radius 3 is 2.67 bits per heavy atom. The summed E-state index contributed by atoms with van der Waals surface area (Å²) in [4.78, 5) is 3.97. The van der Waals surface area contributed by atoms with Crippen LogP contribution >= 0.6 is 12.2 Å². The second-order valence-electron chi connectivity index (χ2n) is 2.76. The van der Waals surface area contributed by atoms with Gasteiger partial charge in [0.15, 0.2) is 0 Å². The molecule has 0 spiro atoms. The third kappa shape index (κ3) is 1.81. The Hall–Kier alpha value is -0.920. The second-order valence-corrected chi connectivity index (χ2v) is 2.95. The second kappa shape index (κ2) is 3.65. The first-order valence-electron chi connectivity index (χ1n) is 3.79. The van der Waals surface area contributed by atoms with Crippen LogP contribution in [0.3, 0.4) is 0 Å². The third-order valence-corrected chi connectivity index (χ3v) is 1.88. The van der Waals surface area contributed by atoms with E-state index < -0.39 is 0 Å². The number of thiocarbonyl (C=S) groups is 1. The molecule has 0 amide bonds. The van der Waals surface area contributed by atoms with Crippen LogP contribution in [0.1, 0.15) is 30.0 Å². The normalized spacial score (nSPS) is 12.2. The molecule has 2 nitrogen and oxygen atoms in total. The Morgan fingerprint density at radius 2 is 2.25 bits per heavy atom. The molecule has 1 unspecified atom stereocenters. The molecular weight excluding hydrogens is 170 g/mol. The lowest BCUT2D eigenvalue weighted by molar-refractivity contribution is 0.499. The van der Waals surface area contributed by atoms with E-state index in [2.05, 4.69) is 22.4 Å². The van der Waals surface area contributed by atoms with E-state index in [1.165, 1.54) is 0 Å². The van der Waals surface area contributed by atoms with Crippen molar-refractivity contribution < 1.29 is 4.42 Å². The van der Waals surface area contributed by atoms with Gasteiger partial charge in [-0.1, -0.05) is 0 Å². The van der Waals surface area contributed by atoms with Crippen molar-refractivity contribution in [3.05, 3.63) is 23.2 Å². The van der Waals surface area contributed by atoms with Gasteiger partial charge < -0.3 is 4.42 Å². The molecule has 0 aliphatic carbocycles. The molecule has 0 saturated heterocycles. The highest BCUT2D eigenvalue weighted by Gasteiger charge is 2.10. The molecule has 0 fully saturated rings. The molecule has 3 heteroatoms. The molecule has 0 aliphatic heterocycles. The van der Waals surface area contributed by atoms with Crippen molar-refractivity contribution in [2.24, 2.45) is 4.99 Å². The predicted molar refractivity (Wildman–Crippen MR) is 51.6 cm³/mol. The Kier molecular flexibility index (Phi) is 2.79. The number of rotatable bonds is 2. The Balaban J connectivity index is 3.01. The number of nitrogens with zero attached hydrogens (tertiary/aromatic N) is 1. The zero-order valence-electron chi connectivity index (χ0n) is 7.42. The van der Waals surface area contributed by atoms with E-state index >= 15 is 0 Å². The van der Waals surface area contributed by atoms with Gasteiger partial charge in [-0.15, -0.1) is 0 Å². The molecule has 0 saturated carbocycles. The van der Waals surface area contributed by atoms with Crippen LogP contribution in [0.25, 0.3) is 0 Å². The lowest BCUT2D eigenvalue weighted by Gasteiger charge is -2.00. The minimum Gasteiger partial charge on any atom is -0.466 e. The third-order valence-electron chi connectivity index (χ3n) is 1.78. The van der Waals surface area contributed by atoms with Gasteiger partial charge in [0.1, 0.15) is 11.5 Å². The van der Waals surface area contributed by atoms with E-state index in [9.17, 15) is 0 Å². The number of aliphatic imine (C=N–C) groups is 1. The molecule has 1 atom stereocenters. The van der Waals surface area contributed by atoms with Crippen molar-refractivity contribution in [3.63, 3.8) is 0 Å². The van der Waals surface area contributed by atoms with Crippen molar-refractivity contribution in [2.45, 2.75) is 26.8 Å². The van der Waals surface area contributed by atoms with Gasteiger partial charge in [0.05, 0.1) is 11.2 Å². The van der Waals surface area contributed by atoms with Crippen molar-refractivity contribution in [2.75, 3.05) is 0 Å². The van der Waals surface area contributed by atoms with Crippen molar-refractivity contribution in [1.82, 2.24) is 0 Å². The number of hydrogen-bond acceptors (Lipinski definition) is 3. The van der Waals surface area contributed by atoms with Crippen LogP contribution in [0, 0.1) is 13.8 Å². The minimum absolute atomic E-state index is 0.0555. The molecule has 1 aromatic heterocycles. The van der Waals surface area contributed by atoms with Gasteiger partial charge in [-0.2, -0.15) is 0 Å². The summed E-state index contributed by atoms with van der Waals surface area (Å²) >= 11 is 4.53. The van der Waals surface area contributed by atoms with Crippen LogP contribution in [0.2, 0.25) is 0 Å². The smallest absolute Gasteiger partial charge is 0.106 e. The molecule has 1 rings (SSSR count). The van der Waals surface area contributed by atoms with Gasteiger partial charge in [0.25, 0.3) is 0 Å². The summed E-state index contributed by atoms with van der Waals surface area (Å²) in [5.74, 6) is 1.82. The van der Waals surface area contributed by atoms with Crippen LogP contribution in [-0.2, 0) is 0 Å². The van der Waals surface area contributed by atoms with Crippen LogP contribution in [0.4, 0.5) is 0 Å². The van der Waals surface area contributed by atoms with Crippen LogP contribution in [-0.4, -0.2) is 5.16 Å². The summed E-state index contributed by atoms with van der Waals surface area (Å²) in [5, 5.41) is 2.37. The van der Waals surface area contributed by atoms with Crippen LogP contribution < -0.4 is 0 Å². The van der Waals surface area contributed by atoms with Crippen LogP contribution in [0.15, 0.2) is 15.5 Å². The average molecular weight is 181 g/mol. The predicted octanol–water partition coefficient (Wildman–Crippen LogP) is 3.06. The highest BCUT2D eigenvalue weighted by atomic mass is 32.1. The van der Waals surface area contributed by atoms with E-state index in [0.717, 1.165) is 17.1 Å². The summed E-state index contributed by atoms with van der Waals surface area (Å²) in [6, 6.07) is 2.04. The Bertz CT molecular complexity index is 323. The maximum Gasteiger partial charge on any atom is 0.106 e. The molecule has 12 heavy (non-hydrogen) atoms. The molecule has 0 aliphatic rings. The topological polar surface area (TPSA) is 25.5 Å². The molecule has 0 aromatic carbocycles. The van der Waals surface area contributed by atoms with Crippen molar-refractivity contribution >= 4 is 17.4 Å². The van der Waals surface area contributed by atoms with Gasteiger partial charge in [0, 0.05) is 5.56 Å². The molecule has 1 heterocycles. The molecular formula is C9H11NOS. The highest BCUT2D eigenvalue weighted by molar-refractivity contribution is 7.78. The molecule has 1 aromatic rings. The SMILES string of the molecule is Cc1cc(C(C)N=C=S)c(C)o1. The molecule has 0 N–H and O–H groups in total. The Morgan fingerprint density at radius 1 is 1.58 bits per heavy atom. The highest BCUT2D eigenvalue weighted by Crippen LogP contribution is 2.23. The van der Waals surface area contributed by atoms with E-state index in [0.29, 0.717) is 0 Å². The quantitative estimate of drug-likeness (QED) is 0.517. The van der Waals surface area contributed by atoms with Gasteiger partial charge in [0.2, 0.25) is 0 Å². The maximum atomic E-state index is 5.36. The first-order valence-corrected chi connectivity index (χ1v) is 4.20. The number of furan rings is 1. The average Bonchev–Trinajstić information content (AvgIpc) is 2.30. The van der Waals surface area contributed by atoms with Crippen molar-refractivity contribution in [1.29, 1.82) is 0 Å². The van der Waals surface area contributed by atoms with E-state index in [1.807, 2.05) is 26.8 Å². The zero-order valence-corrected chi connectivity index (χ0v) is 8.23. The maximum absolute atomic E-state index is 5.36.